The lowest BCUT2D eigenvalue weighted by atomic mass is 10.0. The summed E-state index contributed by atoms with van der Waals surface area (Å²) in [5.74, 6) is 1.57. The van der Waals surface area contributed by atoms with Crippen LogP contribution in [0.2, 0.25) is 0 Å². The number of likely N-dealkylation sites (tertiary alicyclic amines) is 1. The first-order valence-corrected chi connectivity index (χ1v) is 11.5. The van der Waals surface area contributed by atoms with Crippen LogP contribution in [0.5, 0.6) is 11.5 Å². The molecule has 3 heterocycles. The van der Waals surface area contributed by atoms with Crippen LogP contribution in [-0.2, 0) is 6.54 Å². The Morgan fingerprint density at radius 2 is 1.73 bits per heavy atom. The van der Waals surface area contributed by atoms with Gasteiger partial charge in [0.25, 0.3) is 5.91 Å². The number of pyridine rings is 1. The predicted octanol–water partition coefficient (Wildman–Crippen LogP) is 5.06. The molecule has 5 rings (SSSR count). The van der Waals surface area contributed by atoms with Crippen LogP contribution in [-0.4, -0.2) is 35.5 Å². The quantitative estimate of drug-likeness (QED) is 0.597. The summed E-state index contributed by atoms with van der Waals surface area (Å²) < 4.78 is 11.5. The molecule has 1 N–H and O–H groups in total. The second-order valence-electron chi connectivity index (χ2n) is 8.82. The van der Waals surface area contributed by atoms with Gasteiger partial charge in [0.2, 0.25) is 0 Å². The van der Waals surface area contributed by atoms with Gasteiger partial charge in [-0.2, -0.15) is 0 Å². The number of ether oxygens (including phenoxy) is 2. The molecular weight excluding hydrogens is 414 g/mol. The Labute approximate surface area is 194 Å². The minimum atomic E-state index is -0.116. The maximum Gasteiger partial charge on any atom is 0.255 e. The van der Waals surface area contributed by atoms with Gasteiger partial charge in [-0.05, 0) is 80.8 Å². The number of hydrogen-bond acceptors (Lipinski definition) is 5. The molecule has 1 saturated heterocycles. The smallest absolute Gasteiger partial charge is 0.255 e. The molecule has 2 aliphatic rings. The molecule has 170 valence electrons. The Balaban J connectivity index is 1.24. The Hall–Kier alpha value is -3.38. The third-order valence-electron chi connectivity index (χ3n) is 6.26. The summed E-state index contributed by atoms with van der Waals surface area (Å²) in [6, 6.07) is 18.5. The summed E-state index contributed by atoms with van der Waals surface area (Å²) >= 11 is 0. The van der Waals surface area contributed by atoms with E-state index in [0.717, 1.165) is 48.1 Å². The molecule has 0 spiro atoms. The third-order valence-corrected chi connectivity index (χ3v) is 6.26. The van der Waals surface area contributed by atoms with Gasteiger partial charge in [-0.25, -0.2) is 0 Å². The average Bonchev–Trinajstić information content (AvgIpc) is 3.27. The van der Waals surface area contributed by atoms with Crippen molar-refractivity contribution in [3.63, 3.8) is 0 Å². The lowest BCUT2D eigenvalue weighted by molar-refractivity contribution is 0.102. The van der Waals surface area contributed by atoms with E-state index in [1.165, 1.54) is 17.5 Å². The van der Waals surface area contributed by atoms with Gasteiger partial charge in [0.15, 0.2) is 11.5 Å². The maximum atomic E-state index is 12.6. The van der Waals surface area contributed by atoms with E-state index in [0.29, 0.717) is 24.8 Å². The minimum absolute atomic E-state index is 0.116. The van der Waals surface area contributed by atoms with Gasteiger partial charge in [0, 0.05) is 35.2 Å². The predicted molar refractivity (Wildman–Crippen MR) is 128 cm³/mol. The molecule has 33 heavy (non-hydrogen) atoms. The van der Waals surface area contributed by atoms with Gasteiger partial charge < -0.3 is 14.8 Å². The number of aromatic nitrogens is 1. The number of carbonyl (C=O) groups excluding carboxylic acids is 1. The molecule has 0 unspecified atom stereocenters. The number of benzene rings is 2. The zero-order valence-corrected chi connectivity index (χ0v) is 19.1. The Kier molecular flexibility index (Phi) is 6.01. The molecule has 1 amide bonds. The normalized spacial score (nSPS) is 17.7. The first kappa shape index (κ1) is 21.5. The Bertz CT molecular complexity index is 1140. The van der Waals surface area contributed by atoms with E-state index in [1.807, 2.05) is 44.2 Å². The second kappa shape index (κ2) is 9.24. The van der Waals surface area contributed by atoms with Gasteiger partial charge in [-0.3, -0.25) is 14.7 Å². The number of rotatable bonds is 5. The van der Waals surface area contributed by atoms with Gasteiger partial charge in [-0.1, -0.05) is 18.2 Å². The number of aryl methyl sites for hydroxylation is 2. The lowest BCUT2D eigenvalue weighted by Crippen LogP contribution is -2.23. The van der Waals surface area contributed by atoms with Crippen LogP contribution in [0.1, 0.15) is 51.8 Å². The largest absolute Gasteiger partial charge is 0.486 e. The highest BCUT2D eigenvalue weighted by atomic mass is 16.6. The van der Waals surface area contributed by atoms with E-state index >= 15 is 0 Å². The average molecular weight is 444 g/mol. The van der Waals surface area contributed by atoms with Crippen molar-refractivity contribution in [2.24, 2.45) is 0 Å². The number of nitrogens with zero attached hydrogens (tertiary/aromatic N) is 2. The standard InChI is InChI=1S/C27H29N3O3/c1-18-14-22(15-19(2)28-18)27(31)29-23-8-5-20(6-9-23)17-30-11-3-4-24(30)21-7-10-25-26(16-21)33-13-12-32-25/h5-10,14-16,24H,3-4,11-13,17H2,1-2H3,(H,29,31)/t24-/m0/s1. The maximum absolute atomic E-state index is 12.6. The van der Waals surface area contributed by atoms with E-state index in [4.69, 9.17) is 9.47 Å². The molecule has 0 aliphatic carbocycles. The first-order valence-electron chi connectivity index (χ1n) is 11.5. The van der Waals surface area contributed by atoms with E-state index in [-0.39, 0.29) is 5.91 Å². The molecule has 0 bridgehead atoms. The molecule has 3 aromatic rings. The van der Waals surface area contributed by atoms with Crippen LogP contribution in [0.15, 0.2) is 54.6 Å². The van der Waals surface area contributed by atoms with Gasteiger partial charge in [0.1, 0.15) is 13.2 Å². The van der Waals surface area contributed by atoms with Crippen molar-refractivity contribution in [3.05, 3.63) is 82.7 Å². The molecule has 1 fully saturated rings. The van der Waals surface area contributed by atoms with Crippen LogP contribution >= 0.6 is 0 Å². The molecule has 1 aromatic heterocycles. The number of nitrogens with one attached hydrogen (secondary N) is 1. The summed E-state index contributed by atoms with van der Waals surface area (Å²) in [5.41, 5.74) is 5.61. The zero-order chi connectivity index (χ0) is 22.8. The molecule has 2 aromatic carbocycles. The molecule has 2 aliphatic heterocycles. The SMILES string of the molecule is Cc1cc(C(=O)Nc2ccc(CN3CCC[C@H]3c3ccc4c(c3)OCCO4)cc2)cc(C)n1. The molecule has 6 heteroatoms. The first-order chi connectivity index (χ1) is 16.0. The fourth-order valence-electron chi connectivity index (χ4n) is 4.76. The molecule has 6 nitrogen and oxygen atoms in total. The summed E-state index contributed by atoms with van der Waals surface area (Å²) in [7, 11) is 0. The van der Waals surface area contributed by atoms with E-state index in [9.17, 15) is 4.79 Å². The van der Waals surface area contributed by atoms with Crippen molar-refractivity contribution in [1.82, 2.24) is 9.88 Å². The van der Waals surface area contributed by atoms with Crippen LogP contribution in [0.3, 0.4) is 0 Å². The summed E-state index contributed by atoms with van der Waals surface area (Å²) in [6.07, 6.45) is 2.32. The van der Waals surface area contributed by atoms with Crippen molar-refractivity contribution in [2.75, 3.05) is 25.1 Å². The number of anilines is 1. The topological polar surface area (TPSA) is 63.7 Å². The highest BCUT2D eigenvalue weighted by Gasteiger charge is 2.27. The third kappa shape index (κ3) is 4.86. The van der Waals surface area contributed by atoms with Crippen LogP contribution in [0.4, 0.5) is 5.69 Å². The van der Waals surface area contributed by atoms with Crippen molar-refractivity contribution < 1.29 is 14.3 Å². The summed E-state index contributed by atoms with van der Waals surface area (Å²) in [4.78, 5) is 19.5. The Morgan fingerprint density at radius 1 is 1.00 bits per heavy atom. The van der Waals surface area contributed by atoms with E-state index in [1.54, 1.807) is 0 Å². The van der Waals surface area contributed by atoms with Gasteiger partial charge in [-0.15, -0.1) is 0 Å². The fraction of sp³-hybridized carbons (Fsp3) is 0.333. The monoisotopic (exact) mass is 443 g/mol. The van der Waals surface area contributed by atoms with Crippen LogP contribution < -0.4 is 14.8 Å². The number of amides is 1. The van der Waals surface area contributed by atoms with Gasteiger partial charge in [0.05, 0.1) is 0 Å². The summed E-state index contributed by atoms with van der Waals surface area (Å²) in [5, 5.41) is 2.99. The number of carbonyl (C=O) groups is 1. The molecular formula is C27H29N3O3. The number of hydrogen-bond donors (Lipinski definition) is 1. The fourth-order valence-corrected chi connectivity index (χ4v) is 4.76. The van der Waals surface area contributed by atoms with E-state index in [2.05, 4.69) is 39.5 Å². The van der Waals surface area contributed by atoms with E-state index < -0.39 is 0 Å². The van der Waals surface area contributed by atoms with Crippen molar-refractivity contribution in [3.8, 4) is 11.5 Å². The van der Waals surface area contributed by atoms with Crippen molar-refractivity contribution >= 4 is 11.6 Å². The Morgan fingerprint density at radius 3 is 2.48 bits per heavy atom. The number of fused-ring (bicyclic) bond motifs is 1. The second-order valence-corrected chi connectivity index (χ2v) is 8.82. The highest BCUT2D eigenvalue weighted by Crippen LogP contribution is 2.38. The van der Waals surface area contributed by atoms with Crippen molar-refractivity contribution in [1.29, 1.82) is 0 Å². The van der Waals surface area contributed by atoms with Crippen molar-refractivity contribution in [2.45, 2.75) is 39.3 Å². The van der Waals surface area contributed by atoms with Crippen LogP contribution in [0.25, 0.3) is 0 Å². The minimum Gasteiger partial charge on any atom is -0.486 e. The highest BCUT2D eigenvalue weighted by molar-refractivity contribution is 6.04. The summed E-state index contributed by atoms with van der Waals surface area (Å²) in [6.45, 7) is 6.95. The molecule has 0 saturated carbocycles. The lowest BCUT2D eigenvalue weighted by Gasteiger charge is -2.26. The molecule has 0 radical (unpaired) electrons. The van der Waals surface area contributed by atoms with Crippen LogP contribution in [0, 0.1) is 13.8 Å². The molecule has 1 atom stereocenters. The zero-order valence-electron chi connectivity index (χ0n) is 19.1. The van der Waals surface area contributed by atoms with Gasteiger partial charge >= 0.3 is 0 Å².